The van der Waals surface area contributed by atoms with Crippen LogP contribution in [0.15, 0.2) is 35.1 Å². The van der Waals surface area contributed by atoms with Gasteiger partial charge in [0.25, 0.3) is 0 Å². The summed E-state index contributed by atoms with van der Waals surface area (Å²) in [6.45, 7) is 2.03. The van der Waals surface area contributed by atoms with E-state index in [4.69, 9.17) is 25.5 Å². The van der Waals surface area contributed by atoms with Gasteiger partial charge in [-0.1, -0.05) is 11.6 Å². The minimum absolute atomic E-state index is 0.0820. The lowest BCUT2D eigenvalue weighted by Gasteiger charge is -2.18. The fourth-order valence-corrected chi connectivity index (χ4v) is 2.04. The first kappa shape index (κ1) is 13.6. The summed E-state index contributed by atoms with van der Waals surface area (Å²) in [5.74, 6) is 1.27. The van der Waals surface area contributed by atoms with Gasteiger partial charge in [-0.2, -0.15) is 0 Å². The van der Waals surface area contributed by atoms with Crippen molar-refractivity contribution in [2.75, 3.05) is 19.5 Å². The maximum Gasteiger partial charge on any atom is 0.143 e. The molecule has 1 atom stereocenters. The van der Waals surface area contributed by atoms with Crippen molar-refractivity contribution in [2.45, 2.75) is 13.0 Å². The van der Waals surface area contributed by atoms with Crippen LogP contribution in [-0.4, -0.2) is 14.2 Å². The number of nitrogens with one attached hydrogen (secondary N) is 1. The van der Waals surface area contributed by atoms with E-state index in [0.29, 0.717) is 16.5 Å². The predicted octanol–water partition coefficient (Wildman–Crippen LogP) is 4.12. The van der Waals surface area contributed by atoms with Gasteiger partial charge in [0.1, 0.15) is 11.5 Å². The molecule has 1 N–H and O–H groups in total. The maximum atomic E-state index is 6.07. The van der Waals surface area contributed by atoms with E-state index >= 15 is 0 Å². The van der Waals surface area contributed by atoms with Crippen LogP contribution in [0.5, 0.6) is 11.5 Å². The Labute approximate surface area is 117 Å². The number of anilines is 1. The molecular weight excluding hydrogens is 266 g/mol. The van der Waals surface area contributed by atoms with Crippen molar-refractivity contribution in [1.82, 2.24) is 0 Å². The smallest absolute Gasteiger partial charge is 0.143 e. The van der Waals surface area contributed by atoms with Crippen molar-refractivity contribution in [3.63, 3.8) is 0 Å². The van der Waals surface area contributed by atoms with Crippen LogP contribution in [0.1, 0.15) is 18.5 Å². The minimum atomic E-state index is 0.0820. The molecule has 5 heteroatoms. The number of benzene rings is 1. The zero-order valence-corrected chi connectivity index (χ0v) is 11.8. The summed E-state index contributed by atoms with van der Waals surface area (Å²) in [6.07, 6.45) is 3.35. The molecule has 1 heterocycles. The van der Waals surface area contributed by atoms with Gasteiger partial charge in [-0.15, -0.1) is 0 Å². The van der Waals surface area contributed by atoms with Gasteiger partial charge in [-0.25, -0.2) is 0 Å². The predicted molar refractivity (Wildman–Crippen MR) is 75.3 cm³/mol. The Morgan fingerprint density at radius 3 is 2.53 bits per heavy atom. The van der Waals surface area contributed by atoms with E-state index in [9.17, 15) is 0 Å². The van der Waals surface area contributed by atoms with Gasteiger partial charge in [-0.05, 0) is 13.0 Å². The second kappa shape index (κ2) is 5.89. The van der Waals surface area contributed by atoms with Crippen molar-refractivity contribution >= 4 is 17.3 Å². The number of rotatable bonds is 5. The van der Waals surface area contributed by atoms with E-state index < -0.39 is 0 Å². The molecule has 0 fully saturated rings. The van der Waals surface area contributed by atoms with Crippen LogP contribution in [0.3, 0.4) is 0 Å². The van der Waals surface area contributed by atoms with Crippen LogP contribution in [0.4, 0.5) is 5.69 Å². The molecule has 0 spiro atoms. The average Bonchev–Trinajstić information content (AvgIpc) is 2.94. The van der Waals surface area contributed by atoms with Gasteiger partial charge in [0.15, 0.2) is 0 Å². The van der Waals surface area contributed by atoms with Crippen LogP contribution in [-0.2, 0) is 0 Å². The highest BCUT2D eigenvalue weighted by atomic mass is 35.5. The number of ether oxygens (including phenoxy) is 2. The molecule has 1 unspecified atom stereocenters. The Morgan fingerprint density at radius 1 is 1.21 bits per heavy atom. The monoisotopic (exact) mass is 281 g/mol. The lowest BCUT2D eigenvalue weighted by molar-refractivity contribution is 0.404. The first-order valence-corrected chi connectivity index (χ1v) is 6.23. The molecule has 102 valence electrons. The van der Waals surface area contributed by atoms with Crippen LogP contribution in [0.2, 0.25) is 5.02 Å². The first-order chi connectivity index (χ1) is 9.15. The SMILES string of the molecule is COc1cc(NC(C)c2ccoc2)c(OC)cc1Cl. The fraction of sp³-hybridized carbons (Fsp3) is 0.286. The van der Waals surface area contributed by atoms with Gasteiger partial charge < -0.3 is 19.2 Å². The van der Waals surface area contributed by atoms with E-state index in [1.807, 2.05) is 19.1 Å². The Morgan fingerprint density at radius 2 is 1.95 bits per heavy atom. The second-order valence-electron chi connectivity index (χ2n) is 4.11. The molecule has 1 aromatic heterocycles. The molecular formula is C14H16ClNO3. The largest absolute Gasteiger partial charge is 0.495 e. The summed E-state index contributed by atoms with van der Waals surface area (Å²) in [4.78, 5) is 0. The molecule has 0 radical (unpaired) electrons. The first-order valence-electron chi connectivity index (χ1n) is 5.86. The molecule has 4 nitrogen and oxygen atoms in total. The summed E-state index contributed by atoms with van der Waals surface area (Å²) in [6, 6.07) is 5.54. The van der Waals surface area contributed by atoms with Crippen molar-refractivity contribution in [3.05, 3.63) is 41.3 Å². The molecule has 0 aliphatic carbocycles. The van der Waals surface area contributed by atoms with E-state index in [-0.39, 0.29) is 6.04 Å². The van der Waals surface area contributed by atoms with Crippen molar-refractivity contribution < 1.29 is 13.9 Å². The fourth-order valence-electron chi connectivity index (χ4n) is 1.81. The topological polar surface area (TPSA) is 43.6 Å². The quantitative estimate of drug-likeness (QED) is 0.895. The molecule has 0 saturated heterocycles. The van der Waals surface area contributed by atoms with E-state index in [1.54, 1.807) is 32.8 Å². The Kier molecular flexibility index (Phi) is 4.22. The number of hydrogen-bond acceptors (Lipinski definition) is 4. The number of hydrogen-bond donors (Lipinski definition) is 1. The van der Waals surface area contributed by atoms with Crippen molar-refractivity contribution in [1.29, 1.82) is 0 Å². The lowest BCUT2D eigenvalue weighted by Crippen LogP contribution is -2.07. The Bertz CT molecular complexity index is 540. The average molecular weight is 282 g/mol. The highest BCUT2D eigenvalue weighted by Crippen LogP contribution is 2.37. The van der Waals surface area contributed by atoms with Crippen molar-refractivity contribution in [3.8, 4) is 11.5 Å². The normalized spacial score (nSPS) is 12.0. The van der Waals surface area contributed by atoms with Crippen LogP contribution < -0.4 is 14.8 Å². The molecule has 0 bridgehead atoms. The molecule has 2 aromatic rings. The number of methoxy groups -OCH3 is 2. The van der Waals surface area contributed by atoms with Crippen LogP contribution >= 0.6 is 11.6 Å². The molecule has 1 aromatic carbocycles. The van der Waals surface area contributed by atoms with E-state index in [2.05, 4.69) is 5.32 Å². The molecule has 0 aliphatic rings. The van der Waals surface area contributed by atoms with Crippen molar-refractivity contribution in [2.24, 2.45) is 0 Å². The highest BCUT2D eigenvalue weighted by Gasteiger charge is 2.13. The maximum absolute atomic E-state index is 6.07. The van der Waals surface area contributed by atoms with Gasteiger partial charge in [0.2, 0.25) is 0 Å². The standard InChI is InChI=1S/C14H16ClNO3/c1-9(10-4-5-19-8-10)16-12-7-13(17-2)11(15)6-14(12)18-3/h4-9,16H,1-3H3. The zero-order chi connectivity index (χ0) is 13.8. The number of halogens is 1. The molecule has 0 saturated carbocycles. The number of furan rings is 1. The molecule has 2 rings (SSSR count). The Hall–Kier alpha value is -1.81. The summed E-state index contributed by atoms with van der Waals surface area (Å²) in [5, 5.41) is 3.86. The lowest BCUT2D eigenvalue weighted by atomic mass is 10.1. The Balaban J connectivity index is 2.28. The van der Waals surface area contributed by atoms with E-state index in [0.717, 1.165) is 11.3 Å². The molecule has 19 heavy (non-hydrogen) atoms. The van der Waals surface area contributed by atoms with Gasteiger partial charge in [0, 0.05) is 17.7 Å². The van der Waals surface area contributed by atoms with Gasteiger partial charge in [0.05, 0.1) is 43.5 Å². The molecule has 0 aliphatic heterocycles. The third kappa shape index (κ3) is 2.96. The van der Waals surface area contributed by atoms with Gasteiger partial charge >= 0.3 is 0 Å². The van der Waals surface area contributed by atoms with E-state index in [1.165, 1.54) is 0 Å². The van der Waals surface area contributed by atoms with Gasteiger partial charge in [-0.3, -0.25) is 0 Å². The second-order valence-corrected chi connectivity index (χ2v) is 4.52. The third-order valence-electron chi connectivity index (χ3n) is 2.89. The van der Waals surface area contributed by atoms with Crippen LogP contribution in [0, 0.1) is 0 Å². The third-order valence-corrected chi connectivity index (χ3v) is 3.18. The minimum Gasteiger partial charge on any atom is -0.495 e. The summed E-state index contributed by atoms with van der Waals surface area (Å²) >= 11 is 6.07. The summed E-state index contributed by atoms with van der Waals surface area (Å²) < 4.78 is 15.6. The summed E-state index contributed by atoms with van der Waals surface area (Å²) in [5.41, 5.74) is 1.87. The molecule has 0 amide bonds. The zero-order valence-electron chi connectivity index (χ0n) is 11.1. The van der Waals surface area contributed by atoms with Crippen LogP contribution in [0.25, 0.3) is 0 Å². The summed E-state index contributed by atoms with van der Waals surface area (Å²) in [7, 11) is 3.18. The highest BCUT2D eigenvalue weighted by molar-refractivity contribution is 6.32.